The molecule has 0 bridgehead atoms. The molecular formula is C15H14N2O2S. The van der Waals surface area contributed by atoms with Crippen LogP contribution in [0.25, 0.3) is 0 Å². The predicted molar refractivity (Wildman–Crippen MR) is 76.5 cm³/mol. The van der Waals surface area contributed by atoms with Gasteiger partial charge in [0.2, 0.25) is 0 Å². The van der Waals surface area contributed by atoms with Crippen LogP contribution >= 0.6 is 11.8 Å². The number of nitriles is 1. The Kier molecular flexibility index (Phi) is 3.19. The monoisotopic (exact) mass is 286 g/mol. The topological polar surface area (TPSA) is 80.0 Å². The molecule has 1 aliphatic heterocycles. The Balaban J connectivity index is 2.18. The summed E-state index contributed by atoms with van der Waals surface area (Å²) in [6, 6.07) is 5.82. The predicted octanol–water partition coefficient (Wildman–Crippen LogP) is 3.12. The van der Waals surface area contributed by atoms with Crippen LogP contribution in [0.2, 0.25) is 0 Å². The fraction of sp³-hybridized carbons (Fsp3) is 0.333. The molecule has 0 radical (unpaired) electrons. The van der Waals surface area contributed by atoms with Crippen LogP contribution in [0.5, 0.6) is 0 Å². The summed E-state index contributed by atoms with van der Waals surface area (Å²) < 4.78 is 5.66. The molecule has 0 fully saturated rings. The molecule has 0 saturated carbocycles. The van der Waals surface area contributed by atoms with Gasteiger partial charge in [0.05, 0.1) is 22.6 Å². The highest BCUT2D eigenvalue weighted by atomic mass is 32.2. The first-order valence-corrected chi connectivity index (χ1v) is 7.33. The molecule has 3 rings (SSSR count). The molecule has 0 saturated heterocycles. The molecule has 4 nitrogen and oxygen atoms in total. The molecule has 0 aromatic carbocycles. The summed E-state index contributed by atoms with van der Waals surface area (Å²) in [5, 5.41) is 9.89. The first kappa shape index (κ1) is 13.1. The third-order valence-electron chi connectivity index (χ3n) is 3.65. The van der Waals surface area contributed by atoms with Crippen molar-refractivity contribution in [2.75, 3.05) is 0 Å². The number of aryl methyl sites for hydroxylation is 1. The van der Waals surface area contributed by atoms with E-state index in [0.29, 0.717) is 28.4 Å². The van der Waals surface area contributed by atoms with Gasteiger partial charge in [0.15, 0.2) is 5.78 Å². The molecule has 0 spiro atoms. The number of hydrogen-bond acceptors (Lipinski definition) is 5. The summed E-state index contributed by atoms with van der Waals surface area (Å²) in [5.41, 5.74) is 7.15. The smallest absolute Gasteiger partial charge is 0.160 e. The van der Waals surface area contributed by atoms with E-state index >= 15 is 0 Å². The standard InChI is InChI=1S/C15H14N2O2S/c1-8-5-6-11(19-8)13-9(7-16)15(17)20-12-4-2-3-10(18)14(12)13/h5-6,13H,2-4,17H2,1H3/t13-/m1/s1. The Hall–Kier alpha value is -1.93. The zero-order valence-electron chi connectivity index (χ0n) is 11.1. The summed E-state index contributed by atoms with van der Waals surface area (Å²) in [6.07, 6.45) is 2.24. The van der Waals surface area contributed by atoms with Crippen LogP contribution in [0.4, 0.5) is 0 Å². The molecular weight excluding hydrogens is 272 g/mol. The minimum atomic E-state index is -0.433. The summed E-state index contributed by atoms with van der Waals surface area (Å²) in [6.45, 7) is 1.85. The maximum absolute atomic E-state index is 12.3. The van der Waals surface area contributed by atoms with E-state index in [2.05, 4.69) is 6.07 Å². The van der Waals surface area contributed by atoms with Crippen LogP contribution in [0.3, 0.4) is 0 Å². The molecule has 102 valence electrons. The Morgan fingerprint density at radius 3 is 2.90 bits per heavy atom. The molecule has 1 aromatic rings. The lowest BCUT2D eigenvalue weighted by atomic mass is 9.82. The number of hydrogen-bond donors (Lipinski definition) is 1. The van der Waals surface area contributed by atoms with Gasteiger partial charge in [-0.15, -0.1) is 0 Å². The number of Topliss-reactive ketones (excluding diaryl/α,β-unsaturated/α-hetero) is 1. The number of thioether (sulfide) groups is 1. The Morgan fingerprint density at radius 1 is 1.45 bits per heavy atom. The highest BCUT2D eigenvalue weighted by Crippen LogP contribution is 2.49. The van der Waals surface area contributed by atoms with E-state index < -0.39 is 5.92 Å². The number of furan rings is 1. The van der Waals surface area contributed by atoms with Crippen molar-refractivity contribution >= 4 is 17.5 Å². The van der Waals surface area contributed by atoms with Crippen LogP contribution in [-0.2, 0) is 4.79 Å². The number of nitrogens with two attached hydrogens (primary N) is 1. The van der Waals surface area contributed by atoms with Crippen molar-refractivity contribution in [3.63, 3.8) is 0 Å². The lowest BCUT2D eigenvalue weighted by Gasteiger charge is -2.29. The normalized spacial score (nSPS) is 22.8. The van der Waals surface area contributed by atoms with Gasteiger partial charge in [0.25, 0.3) is 0 Å². The van der Waals surface area contributed by atoms with Crippen molar-refractivity contribution in [2.24, 2.45) is 5.73 Å². The lowest BCUT2D eigenvalue weighted by Crippen LogP contribution is -2.23. The van der Waals surface area contributed by atoms with Crippen molar-refractivity contribution < 1.29 is 9.21 Å². The molecule has 2 N–H and O–H groups in total. The highest BCUT2D eigenvalue weighted by molar-refractivity contribution is 8.06. The zero-order valence-corrected chi connectivity index (χ0v) is 11.9. The SMILES string of the molecule is Cc1ccc([C@H]2C(C#N)=C(N)SC3=C2C(=O)CCC3)o1. The second-order valence-corrected chi connectivity index (χ2v) is 6.12. The van der Waals surface area contributed by atoms with Gasteiger partial charge >= 0.3 is 0 Å². The fourth-order valence-corrected chi connectivity index (χ4v) is 3.88. The van der Waals surface area contributed by atoms with E-state index in [1.807, 2.05) is 19.1 Å². The highest BCUT2D eigenvalue weighted by Gasteiger charge is 2.38. The van der Waals surface area contributed by atoms with E-state index in [1.54, 1.807) is 0 Å². The van der Waals surface area contributed by atoms with E-state index in [-0.39, 0.29) is 5.78 Å². The number of rotatable bonds is 1. The van der Waals surface area contributed by atoms with Crippen molar-refractivity contribution in [2.45, 2.75) is 32.1 Å². The maximum atomic E-state index is 12.3. The molecule has 0 amide bonds. The molecule has 1 aromatic heterocycles. The van der Waals surface area contributed by atoms with Gasteiger partial charge < -0.3 is 10.2 Å². The molecule has 20 heavy (non-hydrogen) atoms. The van der Waals surface area contributed by atoms with Gasteiger partial charge in [-0.2, -0.15) is 5.26 Å². The van der Waals surface area contributed by atoms with Crippen molar-refractivity contribution in [3.05, 3.63) is 44.7 Å². The summed E-state index contributed by atoms with van der Waals surface area (Å²) in [7, 11) is 0. The number of carbonyl (C=O) groups excluding carboxylic acids is 1. The largest absolute Gasteiger partial charge is 0.465 e. The molecule has 5 heteroatoms. The van der Waals surface area contributed by atoms with Crippen LogP contribution in [-0.4, -0.2) is 5.78 Å². The number of carbonyl (C=O) groups is 1. The van der Waals surface area contributed by atoms with E-state index in [0.717, 1.165) is 23.5 Å². The Morgan fingerprint density at radius 2 is 2.25 bits per heavy atom. The summed E-state index contributed by atoms with van der Waals surface area (Å²) in [5.74, 6) is 1.07. The van der Waals surface area contributed by atoms with Crippen molar-refractivity contribution in [3.8, 4) is 6.07 Å². The van der Waals surface area contributed by atoms with Crippen LogP contribution in [0.15, 0.2) is 37.6 Å². The average molecular weight is 286 g/mol. The van der Waals surface area contributed by atoms with Gasteiger partial charge in [-0.25, -0.2) is 0 Å². The van der Waals surface area contributed by atoms with Gasteiger partial charge in [-0.05, 0) is 36.8 Å². The van der Waals surface area contributed by atoms with Gasteiger partial charge in [0, 0.05) is 12.0 Å². The summed E-state index contributed by atoms with van der Waals surface area (Å²) in [4.78, 5) is 13.3. The third-order valence-corrected chi connectivity index (χ3v) is 4.76. The average Bonchev–Trinajstić information content (AvgIpc) is 2.84. The molecule has 0 unspecified atom stereocenters. The lowest BCUT2D eigenvalue weighted by molar-refractivity contribution is -0.116. The van der Waals surface area contributed by atoms with Gasteiger partial charge in [-0.1, -0.05) is 11.8 Å². The second kappa shape index (κ2) is 4.88. The number of allylic oxidation sites excluding steroid dienone is 3. The van der Waals surface area contributed by atoms with E-state index in [4.69, 9.17) is 10.2 Å². The first-order chi connectivity index (χ1) is 9.61. The maximum Gasteiger partial charge on any atom is 0.160 e. The number of ketones is 1. The number of nitrogens with zero attached hydrogens (tertiary/aromatic N) is 1. The van der Waals surface area contributed by atoms with Gasteiger partial charge in [0.1, 0.15) is 11.5 Å². The van der Waals surface area contributed by atoms with Gasteiger partial charge in [-0.3, -0.25) is 4.79 Å². The zero-order chi connectivity index (χ0) is 14.3. The minimum absolute atomic E-state index is 0.109. The molecule has 1 aliphatic carbocycles. The van der Waals surface area contributed by atoms with Crippen LogP contribution in [0, 0.1) is 18.3 Å². The first-order valence-electron chi connectivity index (χ1n) is 6.52. The summed E-state index contributed by atoms with van der Waals surface area (Å²) >= 11 is 1.36. The Labute approximate surface area is 121 Å². The fourth-order valence-electron chi connectivity index (χ4n) is 2.75. The molecule has 2 heterocycles. The van der Waals surface area contributed by atoms with E-state index in [1.165, 1.54) is 11.8 Å². The Bertz CT molecular complexity index is 691. The van der Waals surface area contributed by atoms with Crippen molar-refractivity contribution in [1.29, 1.82) is 5.26 Å². The minimum Gasteiger partial charge on any atom is -0.465 e. The second-order valence-electron chi connectivity index (χ2n) is 4.99. The third kappa shape index (κ3) is 1.97. The van der Waals surface area contributed by atoms with Crippen LogP contribution in [0.1, 0.15) is 36.7 Å². The van der Waals surface area contributed by atoms with Crippen molar-refractivity contribution in [1.82, 2.24) is 0 Å². The quantitative estimate of drug-likeness (QED) is 0.858. The molecule has 2 aliphatic rings. The molecule has 1 atom stereocenters. The van der Waals surface area contributed by atoms with Crippen LogP contribution < -0.4 is 5.73 Å². The van der Waals surface area contributed by atoms with E-state index in [9.17, 15) is 10.1 Å².